The normalized spacial score (nSPS) is 34.0. The van der Waals surface area contributed by atoms with E-state index in [4.69, 9.17) is 4.74 Å². The van der Waals surface area contributed by atoms with Gasteiger partial charge in [0.1, 0.15) is 0 Å². The minimum atomic E-state index is -0.894. The molecule has 0 heterocycles. The van der Waals surface area contributed by atoms with Crippen LogP contribution in [0.4, 0.5) is 0 Å². The first kappa shape index (κ1) is 13.5. The van der Waals surface area contributed by atoms with E-state index in [9.17, 15) is 9.90 Å². The Balaban J connectivity index is 2.88. The summed E-state index contributed by atoms with van der Waals surface area (Å²) in [5.74, 6) is -0.203. The smallest absolute Gasteiger partial charge is 0.314 e. The predicted molar refractivity (Wildman–Crippen MR) is 63.1 cm³/mol. The molecular formula is C13H24O3. The summed E-state index contributed by atoms with van der Waals surface area (Å²) in [6, 6.07) is 0. The molecule has 1 aliphatic rings. The van der Waals surface area contributed by atoms with Crippen LogP contribution in [0.5, 0.6) is 0 Å². The molecule has 3 heteroatoms. The fourth-order valence-corrected chi connectivity index (χ4v) is 2.81. The third kappa shape index (κ3) is 2.24. The van der Waals surface area contributed by atoms with Gasteiger partial charge in [-0.25, -0.2) is 0 Å². The molecule has 0 amide bonds. The van der Waals surface area contributed by atoms with Crippen LogP contribution in [0.1, 0.15) is 59.3 Å². The standard InChI is InChI=1S/C13H24O3/c1-4-6-9-13(11(14)16-5-2)10-7-8-12(13,3)15/h15H,4-10H2,1-3H3/t12-,13-/m1/s1. The van der Waals surface area contributed by atoms with Crippen LogP contribution in [-0.2, 0) is 9.53 Å². The average molecular weight is 228 g/mol. The van der Waals surface area contributed by atoms with E-state index in [1.165, 1.54) is 0 Å². The third-order valence-corrected chi connectivity index (χ3v) is 3.92. The van der Waals surface area contributed by atoms with Crippen LogP contribution < -0.4 is 0 Å². The molecule has 0 saturated heterocycles. The van der Waals surface area contributed by atoms with Crippen LogP contribution in [0.15, 0.2) is 0 Å². The molecule has 94 valence electrons. The highest BCUT2D eigenvalue weighted by Gasteiger charge is 2.56. The molecule has 1 aliphatic carbocycles. The molecule has 0 spiro atoms. The zero-order valence-electron chi connectivity index (χ0n) is 10.7. The van der Waals surface area contributed by atoms with Crippen molar-refractivity contribution in [3.8, 4) is 0 Å². The fourth-order valence-electron chi connectivity index (χ4n) is 2.81. The Hall–Kier alpha value is -0.570. The Bertz CT molecular complexity index is 248. The Kier molecular flexibility index (Phi) is 4.36. The summed E-state index contributed by atoms with van der Waals surface area (Å²) in [5.41, 5.74) is -1.55. The van der Waals surface area contributed by atoms with Gasteiger partial charge in [0.25, 0.3) is 0 Å². The van der Waals surface area contributed by atoms with Gasteiger partial charge in [-0.2, -0.15) is 0 Å². The van der Waals surface area contributed by atoms with E-state index in [1.54, 1.807) is 6.92 Å². The van der Waals surface area contributed by atoms with Gasteiger partial charge in [-0.3, -0.25) is 4.79 Å². The Morgan fingerprint density at radius 3 is 2.50 bits per heavy atom. The summed E-state index contributed by atoms with van der Waals surface area (Å²) < 4.78 is 5.16. The lowest BCUT2D eigenvalue weighted by Crippen LogP contribution is -2.48. The van der Waals surface area contributed by atoms with Gasteiger partial charge < -0.3 is 9.84 Å². The Morgan fingerprint density at radius 2 is 2.06 bits per heavy atom. The average Bonchev–Trinajstić information content (AvgIpc) is 2.52. The summed E-state index contributed by atoms with van der Waals surface area (Å²) in [6.07, 6.45) is 5.13. The first-order valence-electron chi connectivity index (χ1n) is 6.40. The summed E-state index contributed by atoms with van der Waals surface area (Å²) in [7, 11) is 0. The lowest BCUT2D eigenvalue weighted by atomic mass is 9.71. The van der Waals surface area contributed by atoms with Crippen molar-refractivity contribution in [3.63, 3.8) is 0 Å². The fraction of sp³-hybridized carbons (Fsp3) is 0.923. The van der Waals surface area contributed by atoms with Crippen LogP contribution in [0.2, 0.25) is 0 Å². The van der Waals surface area contributed by atoms with Crippen molar-refractivity contribution in [2.24, 2.45) is 5.41 Å². The molecule has 0 radical (unpaired) electrons. The van der Waals surface area contributed by atoms with Crippen LogP contribution in [-0.4, -0.2) is 23.3 Å². The van der Waals surface area contributed by atoms with Gasteiger partial charge in [-0.15, -0.1) is 0 Å². The third-order valence-electron chi connectivity index (χ3n) is 3.92. The number of unbranched alkanes of at least 4 members (excludes halogenated alkanes) is 1. The molecule has 0 aromatic heterocycles. The molecule has 2 atom stereocenters. The lowest BCUT2D eigenvalue weighted by Gasteiger charge is -2.37. The number of esters is 1. The largest absolute Gasteiger partial charge is 0.465 e. The van der Waals surface area contributed by atoms with Crippen molar-refractivity contribution in [1.82, 2.24) is 0 Å². The maximum Gasteiger partial charge on any atom is 0.314 e. The monoisotopic (exact) mass is 228 g/mol. The Morgan fingerprint density at radius 1 is 1.38 bits per heavy atom. The number of hydrogen-bond acceptors (Lipinski definition) is 3. The van der Waals surface area contributed by atoms with Crippen molar-refractivity contribution >= 4 is 5.97 Å². The molecule has 1 rings (SSSR count). The van der Waals surface area contributed by atoms with Gasteiger partial charge in [0.2, 0.25) is 0 Å². The van der Waals surface area contributed by atoms with E-state index >= 15 is 0 Å². The van der Waals surface area contributed by atoms with Gasteiger partial charge in [0.05, 0.1) is 17.6 Å². The molecule has 0 unspecified atom stereocenters. The minimum absolute atomic E-state index is 0.203. The SMILES string of the molecule is CCCC[C@]1(C(=O)OCC)CCC[C@@]1(C)O. The number of carbonyl (C=O) groups is 1. The highest BCUT2D eigenvalue weighted by atomic mass is 16.5. The molecule has 0 aromatic rings. The first-order valence-corrected chi connectivity index (χ1v) is 6.40. The van der Waals surface area contributed by atoms with Gasteiger partial charge >= 0.3 is 5.97 Å². The number of carbonyl (C=O) groups excluding carboxylic acids is 1. The molecule has 16 heavy (non-hydrogen) atoms. The van der Waals surface area contributed by atoms with E-state index in [0.717, 1.165) is 32.1 Å². The summed E-state index contributed by atoms with van der Waals surface area (Å²) >= 11 is 0. The molecule has 1 saturated carbocycles. The quantitative estimate of drug-likeness (QED) is 0.736. The molecule has 0 bridgehead atoms. The molecule has 3 nitrogen and oxygen atoms in total. The molecule has 1 N–H and O–H groups in total. The van der Waals surface area contributed by atoms with Crippen molar-refractivity contribution in [1.29, 1.82) is 0 Å². The number of ether oxygens (including phenoxy) is 1. The maximum absolute atomic E-state index is 12.1. The molecule has 1 fully saturated rings. The second-order valence-corrected chi connectivity index (χ2v) is 5.03. The Labute approximate surface area is 98.2 Å². The summed E-state index contributed by atoms with van der Waals surface area (Å²) in [6.45, 7) is 6.09. The number of rotatable bonds is 5. The topological polar surface area (TPSA) is 46.5 Å². The zero-order valence-corrected chi connectivity index (χ0v) is 10.7. The van der Waals surface area contributed by atoms with Gasteiger partial charge in [-0.05, 0) is 39.5 Å². The van der Waals surface area contributed by atoms with Crippen LogP contribution in [0.25, 0.3) is 0 Å². The number of hydrogen-bond donors (Lipinski definition) is 1. The van der Waals surface area contributed by atoms with Crippen LogP contribution in [0.3, 0.4) is 0 Å². The second-order valence-electron chi connectivity index (χ2n) is 5.03. The van der Waals surface area contributed by atoms with Crippen LogP contribution in [0, 0.1) is 5.41 Å². The highest BCUT2D eigenvalue weighted by Crippen LogP contribution is 2.50. The highest BCUT2D eigenvalue weighted by molar-refractivity contribution is 5.79. The van der Waals surface area contributed by atoms with E-state index in [-0.39, 0.29) is 5.97 Å². The van der Waals surface area contributed by atoms with E-state index in [2.05, 4.69) is 6.92 Å². The van der Waals surface area contributed by atoms with Gasteiger partial charge in [-0.1, -0.05) is 19.8 Å². The van der Waals surface area contributed by atoms with Crippen molar-refractivity contribution in [2.45, 2.75) is 64.9 Å². The molecular weight excluding hydrogens is 204 g/mol. The van der Waals surface area contributed by atoms with Gasteiger partial charge in [0.15, 0.2) is 0 Å². The molecule has 0 aliphatic heterocycles. The number of aliphatic hydroxyl groups is 1. The minimum Gasteiger partial charge on any atom is -0.465 e. The first-order chi connectivity index (χ1) is 7.50. The summed E-state index contributed by atoms with van der Waals surface area (Å²) in [4.78, 5) is 12.1. The van der Waals surface area contributed by atoms with Gasteiger partial charge in [0, 0.05) is 0 Å². The van der Waals surface area contributed by atoms with E-state index < -0.39 is 11.0 Å². The van der Waals surface area contributed by atoms with Crippen molar-refractivity contribution < 1.29 is 14.6 Å². The van der Waals surface area contributed by atoms with Crippen molar-refractivity contribution in [3.05, 3.63) is 0 Å². The van der Waals surface area contributed by atoms with E-state index in [0.29, 0.717) is 13.0 Å². The van der Waals surface area contributed by atoms with Crippen LogP contribution >= 0.6 is 0 Å². The maximum atomic E-state index is 12.1. The second kappa shape index (κ2) is 5.17. The van der Waals surface area contributed by atoms with Crippen molar-refractivity contribution in [2.75, 3.05) is 6.61 Å². The summed E-state index contributed by atoms with van der Waals surface area (Å²) in [5, 5.41) is 10.4. The lowest BCUT2D eigenvalue weighted by molar-refractivity contribution is -0.170. The zero-order chi connectivity index (χ0) is 12.2. The molecule has 0 aromatic carbocycles. The van der Waals surface area contributed by atoms with E-state index in [1.807, 2.05) is 6.92 Å². The predicted octanol–water partition coefficient (Wildman–Crippen LogP) is 2.66.